The number of Topliss-reactive ketones (excluding diaryl/α,β-unsaturated/α-hetero) is 1. The number of fused-ring (bicyclic) bond motifs is 1. The number of benzene rings is 2. The Kier molecular flexibility index (Phi) is 4.11. The highest BCUT2D eigenvalue weighted by Crippen LogP contribution is 2.29. The van der Waals surface area contributed by atoms with Gasteiger partial charge in [-0.2, -0.15) is 5.26 Å². The van der Waals surface area contributed by atoms with E-state index < -0.39 is 5.92 Å². The van der Waals surface area contributed by atoms with Crippen molar-refractivity contribution in [2.45, 2.75) is 12.8 Å². The predicted octanol–water partition coefficient (Wildman–Crippen LogP) is 3.76. The van der Waals surface area contributed by atoms with E-state index >= 15 is 0 Å². The molecule has 0 amide bonds. The van der Waals surface area contributed by atoms with E-state index in [1.807, 2.05) is 37.3 Å². The minimum atomic E-state index is -0.782. The molecule has 4 heteroatoms. The summed E-state index contributed by atoms with van der Waals surface area (Å²) in [5, 5.41) is 10.4. The highest BCUT2D eigenvalue weighted by atomic mass is 16.1. The molecule has 3 rings (SSSR count). The van der Waals surface area contributed by atoms with Crippen molar-refractivity contribution in [3.63, 3.8) is 0 Å². The van der Waals surface area contributed by atoms with E-state index in [-0.39, 0.29) is 11.7 Å². The highest BCUT2D eigenvalue weighted by Gasteiger charge is 2.29. The van der Waals surface area contributed by atoms with Gasteiger partial charge in [-0.1, -0.05) is 55.5 Å². The van der Waals surface area contributed by atoms with Crippen molar-refractivity contribution in [2.75, 3.05) is 0 Å². The molecular formula is C19H15N3O. The average molecular weight is 301 g/mol. The smallest absolute Gasteiger partial charge is 0.180 e. The molecule has 2 atom stereocenters. The number of rotatable bonds is 4. The zero-order chi connectivity index (χ0) is 16.2. The molecule has 0 spiro atoms. The first-order valence-corrected chi connectivity index (χ1v) is 7.41. The first-order valence-electron chi connectivity index (χ1n) is 7.41. The van der Waals surface area contributed by atoms with Crippen molar-refractivity contribution < 1.29 is 4.79 Å². The summed E-state index contributed by atoms with van der Waals surface area (Å²) in [6, 6.07) is 18.7. The van der Waals surface area contributed by atoms with Crippen molar-refractivity contribution >= 4 is 16.7 Å². The number of nitriles is 1. The topological polar surface area (TPSA) is 66.6 Å². The van der Waals surface area contributed by atoms with E-state index in [0.29, 0.717) is 5.56 Å². The minimum Gasteiger partial charge on any atom is -0.293 e. The summed E-state index contributed by atoms with van der Waals surface area (Å²) in [6.07, 6.45) is 1.48. The molecule has 0 aliphatic heterocycles. The Morgan fingerprint density at radius 2 is 1.74 bits per heavy atom. The molecule has 0 radical (unpaired) electrons. The molecule has 0 N–H and O–H groups in total. The lowest BCUT2D eigenvalue weighted by Gasteiger charge is -2.17. The molecule has 0 fully saturated rings. The van der Waals surface area contributed by atoms with Gasteiger partial charge in [-0.15, -0.1) is 0 Å². The van der Waals surface area contributed by atoms with E-state index in [0.717, 1.165) is 16.6 Å². The number of carbonyl (C=O) groups is 1. The van der Waals surface area contributed by atoms with Gasteiger partial charge in [-0.3, -0.25) is 4.79 Å². The minimum absolute atomic E-state index is 0.178. The molecule has 1 heterocycles. The van der Waals surface area contributed by atoms with Gasteiger partial charge in [0.2, 0.25) is 0 Å². The number of para-hydroxylation sites is 1. The van der Waals surface area contributed by atoms with Crippen LogP contribution in [0.25, 0.3) is 10.9 Å². The Bertz CT molecular complexity index is 879. The van der Waals surface area contributed by atoms with Crippen molar-refractivity contribution in [3.05, 3.63) is 72.2 Å². The second kappa shape index (κ2) is 6.37. The summed E-state index contributed by atoms with van der Waals surface area (Å²) < 4.78 is 0. The van der Waals surface area contributed by atoms with Crippen LogP contribution >= 0.6 is 0 Å². The molecule has 2 aromatic carbocycles. The van der Waals surface area contributed by atoms with Gasteiger partial charge in [0, 0.05) is 16.9 Å². The van der Waals surface area contributed by atoms with Gasteiger partial charge in [-0.05, 0) is 6.07 Å². The molecule has 1 aromatic heterocycles. The maximum absolute atomic E-state index is 12.7. The summed E-state index contributed by atoms with van der Waals surface area (Å²) in [7, 11) is 0. The lowest BCUT2D eigenvalue weighted by atomic mass is 9.84. The summed E-state index contributed by atoms with van der Waals surface area (Å²) in [4.78, 5) is 21.2. The zero-order valence-electron chi connectivity index (χ0n) is 12.7. The number of aromatic nitrogens is 2. The van der Waals surface area contributed by atoms with E-state index in [1.54, 1.807) is 24.3 Å². The lowest BCUT2D eigenvalue weighted by molar-refractivity contribution is 0.0936. The van der Waals surface area contributed by atoms with Gasteiger partial charge in [0.15, 0.2) is 5.78 Å². The molecule has 0 saturated carbocycles. The third-order valence-electron chi connectivity index (χ3n) is 3.98. The first kappa shape index (κ1) is 14.9. The molecule has 2 unspecified atom stereocenters. The number of nitrogens with zero attached hydrogens (tertiary/aromatic N) is 3. The van der Waals surface area contributed by atoms with E-state index in [1.165, 1.54) is 6.33 Å². The summed E-state index contributed by atoms with van der Waals surface area (Å²) in [5.74, 6) is -1.28. The molecule has 112 valence electrons. The molecule has 23 heavy (non-hydrogen) atoms. The Hall–Kier alpha value is -3.06. The van der Waals surface area contributed by atoms with Crippen LogP contribution in [-0.4, -0.2) is 15.8 Å². The van der Waals surface area contributed by atoms with Crippen LogP contribution in [0.3, 0.4) is 0 Å². The molecule has 3 aromatic rings. The van der Waals surface area contributed by atoms with Crippen molar-refractivity contribution in [1.82, 2.24) is 9.97 Å². The summed E-state index contributed by atoms with van der Waals surface area (Å²) in [6.45, 7) is 1.86. The summed E-state index contributed by atoms with van der Waals surface area (Å²) in [5.41, 5.74) is 2.09. The van der Waals surface area contributed by atoms with Crippen molar-refractivity contribution in [2.24, 2.45) is 5.92 Å². The highest BCUT2D eigenvalue weighted by molar-refractivity contribution is 6.00. The number of hydrogen-bond donors (Lipinski definition) is 0. The fourth-order valence-corrected chi connectivity index (χ4v) is 2.73. The van der Waals surface area contributed by atoms with Gasteiger partial charge >= 0.3 is 0 Å². The Morgan fingerprint density at radius 3 is 2.48 bits per heavy atom. The Morgan fingerprint density at radius 1 is 1.04 bits per heavy atom. The Labute approximate surface area is 134 Å². The van der Waals surface area contributed by atoms with Crippen LogP contribution in [0.1, 0.15) is 28.9 Å². The monoisotopic (exact) mass is 301 g/mol. The fraction of sp³-hybridized carbons (Fsp3) is 0.158. The van der Waals surface area contributed by atoms with Crippen LogP contribution in [0, 0.1) is 17.2 Å². The second-order valence-corrected chi connectivity index (χ2v) is 5.40. The van der Waals surface area contributed by atoms with Crippen LogP contribution < -0.4 is 0 Å². The molecule has 0 aliphatic rings. The fourth-order valence-electron chi connectivity index (χ4n) is 2.73. The molecule has 0 aliphatic carbocycles. The van der Waals surface area contributed by atoms with Crippen LogP contribution in [0.15, 0.2) is 60.9 Å². The Balaban J connectivity index is 2.01. The third kappa shape index (κ3) is 2.82. The quantitative estimate of drug-likeness (QED) is 0.688. The average Bonchev–Trinajstić information content (AvgIpc) is 2.62. The van der Waals surface area contributed by atoms with Gasteiger partial charge in [0.25, 0.3) is 0 Å². The maximum atomic E-state index is 12.7. The van der Waals surface area contributed by atoms with Gasteiger partial charge in [0.05, 0.1) is 17.3 Å². The van der Waals surface area contributed by atoms with Crippen molar-refractivity contribution in [1.29, 1.82) is 5.26 Å². The van der Waals surface area contributed by atoms with Crippen LogP contribution in [-0.2, 0) is 0 Å². The number of hydrogen-bond acceptors (Lipinski definition) is 4. The van der Waals surface area contributed by atoms with E-state index in [9.17, 15) is 10.1 Å². The SMILES string of the molecule is CC(c1ncnc2ccccc12)C(C#N)C(=O)c1ccccc1. The zero-order valence-corrected chi connectivity index (χ0v) is 12.7. The van der Waals surface area contributed by atoms with Gasteiger partial charge in [-0.25, -0.2) is 9.97 Å². The van der Waals surface area contributed by atoms with Crippen LogP contribution in [0.2, 0.25) is 0 Å². The predicted molar refractivity (Wildman–Crippen MR) is 87.8 cm³/mol. The lowest BCUT2D eigenvalue weighted by Crippen LogP contribution is -2.20. The van der Waals surface area contributed by atoms with Crippen LogP contribution in [0.4, 0.5) is 0 Å². The maximum Gasteiger partial charge on any atom is 0.180 e. The van der Waals surface area contributed by atoms with E-state index in [2.05, 4.69) is 16.0 Å². The number of ketones is 1. The molecular weight excluding hydrogens is 286 g/mol. The third-order valence-corrected chi connectivity index (χ3v) is 3.98. The second-order valence-electron chi connectivity index (χ2n) is 5.40. The number of carbonyl (C=O) groups excluding carboxylic acids is 1. The van der Waals surface area contributed by atoms with Crippen molar-refractivity contribution in [3.8, 4) is 6.07 Å². The van der Waals surface area contributed by atoms with Crippen LogP contribution in [0.5, 0.6) is 0 Å². The normalized spacial score (nSPS) is 13.2. The van der Waals surface area contributed by atoms with Gasteiger partial charge in [0.1, 0.15) is 12.2 Å². The molecule has 0 bridgehead atoms. The van der Waals surface area contributed by atoms with E-state index in [4.69, 9.17) is 0 Å². The standard InChI is InChI=1S/C19H15N3O/c1-13(16(11-20)19(23)14-7-3-2-4-8-14)18-15-9-5-6-10-17(15)21-12-22-18/h2-10,12-13,16H,1H3. The molecule has 4 nitrogen and oxygen atoms in total. The molecule has 0 saturated heterocycles. The summed E-state index contributed by atoms with van der Waals surface area (Å²) >= 11 is 0. The first-order chi connectivity index (χ1) is 11.2. The van der Waals surface area contributed by atoms with Gasteiger partial charge < -0.3 is 0 Å². The largest absolute Gasteiger partial charge is 0.293 e.